The average Bonchev–Trinajstić information content (AvgIpc) is 2.52. The lowest BCUT2D eigenvalue weighted by Gasteiger charge is -2.12. The van der Waals surface area contributed by atoms with Gasteiger partial charge in [0.2, 0.25) is 0 Å². The second-order valence-corrected chi connectivity index (χ2v) is 5.06. The zero-order valence-electron chi connectivity index (χ0n) is 13.5. The van der Waals surface area contributed by atoms with Crippen LogP contribution in [-0.2, 0) is 9.47 Å². The number of hydrogen-bond acceptors (Lipinski definition) is 4. The van der Waals surface area contributed by atoms with Gasteiger partial charge in [0.15, 0.2) is 13.6 Å². The maximum atomic E-state index is 5.51. The number of benzene rings is 2. The van der Waals surface area contributed by atoms with Crippen LogP contribution in [0.3, 0.4) is 0 Å². The molecule has 0 aliphatic heterocycles. The van der Waals surface area contributed by atoms with Crippen LogP contribution >= 0.6 is 0 Å². The second-order valence-electron chi connectivity index (χ2n) is 5.06. The van der Waals surface area contributed by atoms with Crippen molar-refractivity contribution in [3.8, 4) is 22.6 Å². The molecule has 0 aliphatic carbocycles. The van der Waals surface area contributed by atoms with E-state index in [2.05, 4.69) is 12.1 Å². The molecular weight excluding hydrogens is 280 g/mol. The van der Waals surface area contributed by atoms with Crippen LogP contribution in [-0.4, -0.2) is 27.8 Å². The molecule has 2 rings (SSSR count). The highest BCUT2D eigenvalue weighted by molar-refractivity contribution is 5.67. The summed E-state index contributed by atoms with van der Waals surface area (Å²) in [4.78, 5) is 0. The minimum atomic E-state index is 0.255. The maximum absolute atomic E-state index is 5.51. The van der Waals surface area contributed by atoms with Gasteiger partial charge in [-0.3, -0.25) is 0 Å². The Kier molecular flexibility index (Phi) is 5.81. The van der Waals surface area contributed by atoms with Crippen molar-refractivity contribution in [1.82, 2.24) is 0 Å². The molecule has 2 aromatic carbocycles. The van der Waals surface area contributed by atoms with Gasteiger partial charge in [-0.2, -0.15) is 0 Å². The summed E-state index contributed by atoms with van der Waals surface area (Å²) in [7, 11) is 3.22. The zero-order valence-corrected chi connectivity index (χ0v) is 13.5. The summed E-state index contributed by atoms with van der Waals surface area (Å²) < 4.78 is 20.9. The molecule has 22 heavy (non-hydrogen) atoms. The van der Waals surface area contributed by atoms with Crippen molar-refractivity contribution in [2.24, 2.45) is 0 Å². The first-order chi connectivity index (χ1) is 10.7. The number of rotatable bonds is 7. The van der Waals surface area contributed by atoms with E-state index < -0.39 is 0 Å². The van der Waals surface area contributed by atoms with E-state index in [1.54, 1.807) is 14.2 Å². The van der Waals surface area contributed by atoms with Crippen molar-refractivity contribution in [2.45, 2.75) is 13.8 Å². The van der Waals surface area contributed by atoms with Crippen molar-refractivity contribution in [2.75, 3.05) is 27.8 Å². The van der Waals surface area contributed by atoms with Gasteiger partial charge >= 0.3 is 0 Å². The van der Waals surface area contributed by atoms with E-state index >= 15 is 0 Å². The SMILES string of the molecule is COCOc1ccc(-c2ccc(OCOC)c(C)c2)cc1C. The Hall–Kier alpha value is -2.04. The molecule has 2 aromatic rings. The summed E-state index contributed by atoms with van der Waals surface area (Å²) in [6, 6.07) is 12.2. The van der Waals surface area contributed by atoms with E-state index in [0.717, 1.165) is 33.8 Å². The van der Waals surface area contributed by atoms with Gasteiger partial charge in [-0.25, -0.2) is 0 Å². The van der Waals surface area contributed by atoms with Crippen molar-refractivity contribution >= 4 is 0 Å². The van der Waals surface area contributed by atoms with Crippen molar-refractivity contribution in [3.63, 3.8) is 0 Å². The molecule has 0 saturated carbocycles. The first kappa shape index (κ1) is 16.3. The summed E-state index contributed by atoms with van der Waals surface area (Å²) >= 11 is 0. The Morgan fingerprint density at radius 2 is 1.09 bits per heavy atom. The fraction of sp³-hybridized carbons (Fsp3) is 0.333. The lowest BCUT2D eigenvalue weighted by atomic mass is 10.0. The first-order valence-corrected chi connectivity index (χ1v) is 7.11. The van der Waals surface area contributed by atoms with E-state index in [1.807, 2.05) is 38.1 Å². The largest absolute Gasteiger partial charge is 0.467 e. The topological polar surface area (TPSA) is 36.9 Å². The molecule has 0 amide bonds. The Bertz CT molecular complexity index is 567. The van der Waals surface area contributed by atoms with Crippen LogP contribution in [0.1, 0.15) is 11.1 Å². The minimum Gasteiger partial charge on any atom is -0.467 e. The lowest BCUT2D eigenvalue weighted by Crippen LogP contribution is -2.01. The van der Waals surface area contributed by atoms with Gasteiger partial charge in [-0.15, -0.1) is 0 Å². The van der Waals surface area contributed by atoms with Crippen LogP contribution in [0, 0.1) is 13.8 Å². The molecule has 0 spiro atoms. The number of ether oxygens (including phenoxy) is 4. The van der Waals surface area contributed by atoms with E-state index in [9.17, 15) is 0 Å². The normalized spacial score (nSPS) is 10.5. The first-order valence-electron chi connectivity index (χ1n) is 7.11. The van der Waals surface area contributed by atoms with Crippen LogP contribution < -0.4 is 9.47 Å². The van der Waals surface area contributed by atoms with Gasteiger partial charge in [-0.05, 0) is 60.4 Å². The highest BCUT2D eigenvalue weighted by Gasteiger charge is 2.06. The average molecular weight is 302 g/mol. The van der Waals surface area contributed by atoms with Crippen molar-refractivity contribution in [3.05, 3.63) is 47.5 Å². The molecule has 118 valence electrons. The molecule has 0 fully saturated rings. The third-order valence-electron chi connectivity index (χ3n) is 3.35. The van der Waals surface area contributed by atoms with Crippen LogP contribution in [0.2, 0.25) is 0 Å². The predicted molar refractivity (Wildman–Crippen MR) is 86.4 cm³/mol. The lowest BCUT2D eigenvalue weighted by molar-refractivity contribution is 0.0504. The van der Waals surface area contributed by atoms with Gasteiger partial charge < -0.3 is 18.9 Å². The smallest absolute Gasteiger partial charge is 0.188 e. The number of hydrogen-bond donors (Lipinski definition) is 0. The zero-order chi connectivity index (χ0) is 15.9. The van der Waals surface area contributed by atoms with Gasteiger partial charge in [0.05, 0.1) is 0 Å². The van der Waals surface area contributed by atoms with Gasteiger partial charge in [-0.1, -0.05) is 12.1 Å². The third-order valence-corrected chi connectivity index (χ3v) is 3.35. The van der Waals surface area contributed by atoms with Crippen LogP contribution in [0.5, 0.6) is 11.5 Å². The minimum absolute atomic E-state index is 0.255. The second kappa shape index (κ2) is 7.82. The molecular formula is C18H22O4. The Labute approximate surface area is 131 Å². The fourth-order valence-corrected chi connectivity index (χ4v) is 2.23. The van der Waals surface area contributed by atoms with E-state index in [4.69, 9.17) is 18.9 Å². The van der Waals surface area contributed by atoms with Gasteiger partial charge in [0, 0.05) is 14.2 Å². The van der Waals surface area contributed by atoms with E-state index in [-0.39, 0.29) is 13.6 Å². The third kappa shape index (κ3) is 4.00. The summed E-state index contributed by atoms with van der Waals surface area (Å²) in [5, 5.41) is 0. The Morgan fingerprint density at radius 3 is 1.41 bits per heavy atom. The Balaban J connectivity index is 2.21. The highest BCUT2D eigenvalue weighted by atomic mass is 16.7. The monoisotopic (exact) mass is 302 g/mol. The van der Waals surface area contributed by atoms with E-state index in [1.165, 1.54) is 0 Å². The molecule has 0 radical (unpaired) electrons. The summed E-state index contributed by atoms with van der Waals surface area (Å²) in [6.07, 6.45) is 0. The molecule has 0 bridgehead atoms. The molecule has 0 unspecified atom stereocenters. The quantitative estimate of drug-likeness (QED) is 0.726. The molecule has 0 heterocycles. The van der Waals surface area contributed by atoms with Crippen molar-refractivity contribution in [1.29, 1.82) is 0 Å². The predicted octanol–water partition coefficient (Wildman–Crippen LogP) is 3.94. The molecule has 0 atom stereocenters. The molecule has 0 aliphatic rings. The number of methoxy groups -OCH3 is 2. The van der Waals surface area contributed by atoms with Crippen molar-refractivity contribution < 1.29 is 18.9 Å². The van der Waals surface area contributed by atoms with Gasteiger partial charge in [0.25, 0.3) is 0 Å². The Morgan fingerprint density at radius 1 is 0.682 bits per heavy atom. The molecule has 0 N–H and O–H groups in total. The number of aryl methyl sites for hydroxylation is 2. The van der Waals surface area contributed by atoms with Crippen LogP contribution in [0.15, 0.2) is 36.4 Å². The fourth-order valence-electron chi connectivity index (χ4n) is 2.23. The molecule has 4 heteroatoms. The van der Waals surface area contributed by atoms with E-state index in [0.29, 0.717) is 0 Å². The van der Waals surface area contributed by atoms with Crippen LogP contribution in [0.25, 0.3) is 11.1 Å². The summed E-state index contributed by atoms with van der Waals surface area (Å²) in [5.74, 6) is 1.67. The summed E-state index contributed by atoms with van der Waals surface area (Å²) in [5.41, 5.74) is 4.44. The molecule has 0 saturated heterocycles. The maximum Gasteiger partial charge on any atom is 0.188 e. The highest BCUT2D eigenvalue weighted by Crippen LogP contribution is 2.29. The molecule has 4 nitrogen and oxygen atoms in total. The standard InChI is InChI=1S/C18H22O4/c1-13-9-15(5-7-17(13)21-11-19-3)16-6-8-18(14(2)10-16)22-12-20-4/h5-10H,11-12H2,1-4H3. The van der Waals surface area contributed by atoms with Gasteiger partial charge in [0.1, 0.15) is 11.5 Å². The molecule has 0 aromatic heterocycles. The van der Waals surface area contributed by atoms with Crippen LogP contribution in [0.4, 0.5) is 0 Å². The summed E-state index contributed by atoms with van der Waals surface area (Å²) in [6.45, 7) is 4.56.